The first-order chi connectivity index (χ1) is 7.68. The standard InChI is InChI=1S/C12H16F2N2.ClH/c1-9(16-6-4-15-5-7-16)11-8-10(13)2-3-12(11)14;/h2-3,8-9,15H,4-7H2,1H3;1H/t9-;/m1./s1. The van der Waals surface area contributed by atoms with Gasteiger partial charge in [-0.15, -0.1) is 12.4 Å². The molecule has 1 aliphatic rings. The molecule has 1 aliphatic heterocycles. The maximum atomic E-state index is 13.6. The van der Waals surface area contributed by atoms with Crippen molar-refractivity contribution in [3.63, 3.8) is 0 Å². The summed E-state index contributed by atoms with van der Waals surface area (Å²) in [5, 5.41) is 3.24. The highest BCUT2D eigenvalue weighted by Crippen LogP contribution is 2.23. The summed E-state index contributed by atoms with van der Waals surface area (Å²) in [6.07, 6.45) is 0. The largest absolute Gasteiger partial charge is 0.314 e. The Morgan fingerprint density at radius 3 is 2.53 bits per heavy atom. The lowest BCUT2D eigenvalue weighted by Crippen LogP contribution is -2.44. The van der Waals surface area contributed by atoms with Crippen LogP contribution in [0.1, 0.15) is 18.5 Å². The molecule has 1 N–H and O–H groups in total. The van der Waals surface area contributed by atoms with Crippen LogP contribution in [0, 0.1) is 11.6 Å². The van der Waals surface area contributed by atoms with Gasteiger partial charge in [0.1, 0.15) is 11.6 Å². The Morgan fingerprint density at radius 1 is 1.24 bits per heavy atom. The summed E-state index contributed by atoms with van der Waals surface area (Å²) in [7, 11) is 0. The Kier molecular flexibility index (Phi) is 5.31. The molecule has 0 aliphatic carbocycles. The Hall–Kier alpha value is -0.710. The highest BCUT2D eigenvalue weighted by Gasteiger charge is 2.20. The number of rotatable bonds is 2. The lowest BCUT2D eigenvalue weighted by Gasteiger charge is -2.33. The van der Waals surface area contributed by atoms with Gasteiger partial charge in [0, 0.05) is 37.8 Å². The molecule has 0 aromatic heterocycles. The summed E-state index contributed by atoms with van der Waals surface area (Å²) in [6.45, 7) is 5.47. The minimum absolute atomic E-state index is 0. The van der Waals surface area contributed by atoms with Crippen molar-refractivity contribution in [3.05, 3.63) is 35.4 Å². The van der Waals surface area contributed by atoms with Gasteiger partial charge in [-0.25, -0.2) is 8.78 Å². The van der Waals surface area contributed by atoms with Crippen LogP contribution in [0.5, 0.6) is 0 Å². The van der Waals surface area contributed by atoms with Gasteiger partial charge in [-0.2, -0.15) is 0 Å². The lowest BCUT2D eigenvalue weighted by molar-refractivity contribution is 0.182. The summed E-state index contributed by atoms with van der Waals surface area (Å²) in [5.41, 5.74) is 0.446. The van der Waals surface area contributed by atoms with Crippen molar-refractivity contribution in [3.8, 4) is 0 Å². The Morgan fingerprint density at radius 2 is 1.88 bits per heavy atom. The second kappa shape index (κ2) is 6.28. The fourth-order valence-corrected chi connectivity index (χ4v) is 2.10. The Labute approximate surface area is 106 Å². The molecule has 0 saturated carbocycles. The first-order valence-electron chi connectivity index (χ1n) is 5.58. The van der Waals surface area contributed by atoms with Gasteiger partial charge >= 0.3 is 0 Å². The number of nitrogens with one attached hydrogen (secondary N) is 1. The van der Waals surface area contributed by atoms with Crippen LogP contribution >= 0.6 is 12.4 Å². The summed E-state index contributed by atoms with van der Waals surface area (Å²) in [6, 6.07) is 3.58. The molecule has 2 nitrogen and oxygen atoms in total. The molecular formula is C12H17ClF2N2. The van der Waals surface area contributed by atoms with E-state index in [2.05, 4.69) is 10.2 Å². The van der Waals surface area contributed by atoms with Gasteiger partial charge in [-0.05, 0) is 25.1 Å². The van der Waals surface area contributed by atoms with E-state index < -0.39 is 0 Å². The van der Waals surface area contributed by atoms with Gasteiger partial charge in [-0.3, -0.25) is 4.90 Å². The molecule has 0 radical (unpaired) electrons. The van der Waals surface area contributed by atoms with Crippen LogP contribution in [0.2, 0.25) is 0 Å². The van der Waals surface area contributed by atoms with E-state index in [-0.39, 0.29) is 30.1 Å². The number of hydrogen-bond donors (Lipinski definition) is 1. The molecule has 0 amide bonds. The zero-order chi connectivity index (χ0) is 11.5. The van der Waals surface area contributed by atoms with Crippen LogP contribution in [0.15, 0.2) is 18.2 Å². The van der Waals surface area contributed by atoms with Crippen LogP contribution < -0.4 is 5.32 Å². The van der Waals surface area contributed by atoms with Gasteiger partial charge in [0.15, 0.2) is 0 Å². The smallest absolute Gasteiger partial charge is 0.128 e. The Bertz CT molecular complexity index is 368. The van der Waals surface area contributed by atoms with Crippen molar-refractivity contribution in [2.75, 3.05) is 26.2 Å². The van der Waals surface area contributed by atoms with Gasteiger partial charge in [0.05, 0.1) is 0 Å². The third-order valence-corrected chi connectivity index (χ3v) is 3.11. The SMILES string of the molecule is C[C@H](c1cc(F)ccc1F)N1CCNCC1.Cl. The van der Waals surface area contributed by atoms with Crippen molar-refractivity contribution >= 4 is 12.4 Å². The average molecular weight is 263 g/mol. The molecule has 0 unspecified atom stereocenters. The third kappa shape index (κ3) is 3.37. The molecule has 1 aromatic rings. The topological polar surface area (TPSA) is 15.3 Å². The first-order valence-corrected chi connectivity index (χ1v) is 5.58. The van der Waals surface area contributed by atoms with Crippen LogP contribution in [-0.4, -0.2) is 31.1 Å². The van der Waals surface area contributed by atoms with Crippen LogP contribution in [0.25, 0.3) is 0 Å². The minimum Gasteiger partial charge on any atom is -0.314 e. The first kappa shape index (κ1) is 14.4. The van der Waals surface area contributed by atoms with E-state index in [0.717, 1.165) is 32.2 Å². The van der Waals surface area contributed by atoms with Gasteiger partial charge in [-0.1, -0.05) is 0 Å². The van der Waals surface area contributed by atoms with Crippen molar-refractivity contribution < 1.29 is 8.78 Å². The third-order valence-electron chi connectivity index (χ3n) is 3.11. The van der Waals surface area contributed by atoms with Crippen molar-refractivity contribution in [2.45, 2.75) is 13.0 Å². The van der Waals surface area contributed by atoms with Crippen LogP contribution in [0.3, 0.4) is 0 Å². The van der Waals surface area contributed by atoms with Gasteiger partial charge in [0.2, 0.25) is 0 Å². The summed E-state index contributed by atoms with van der Waals surface area (Å²) in [5.74, 6) is -0.703. The fraction of sp³-hybridized carbons (Fsp3) is 0.500. The van der Waals surface area contributed by atoms with Gasteiger partial charge < -0.3 is 5.32 Å². The number of nitrogens with zero attached hydrogens (tertiary/aromatic N) is 1. The van der Waals surface area contributed by atoms with Gasteiger partial charge in [0.25, 0.3) is 0 Å². The van der Waals surface area contributed by atoms with E-state index >= 15 is 0 Å². The molecule has 0 spiro atoms. The maximum Gasteiger partial charge on any atom is 0.128 e. The average Bonchev–Trinajstić information content (AvgIpc) is 2.32. The van der Waals surface area contributed by atoms with Crippen molar-refractivity contribution in [2.24, 2.45) is 0 Å². The van der Waals surface area contributed by atoms with E-state index in [4.69, 9.17) is 0 Å². The van der Waals surface area contributed by atoms with Crippen LogP contribution in [0.4, 0.5) is 8.78 Å². The lowest BCUT2D eigenvalue weighted by atomic mass is 10.1. The fourth-order valence-electron chi connectivity index (χ4n) is 2.10. The number of benzene rings is 1. The zero-order valence-corrected chi connectivity index (χ0v) is 10.6. The Balaban J connectivity index is 0.00000144. The normalized spacial score (nSPS) is 18.5. The van der Waals surface area contributed by atoms with E-state index in [1.165, 1.54) is 12.1 Å². The summed E-state index contributed by atoms with van der Waals surface area (Å²) >= 11 is 0. The van der Waals surface area contributed by atoms with Crippen molar-refractivity contribution in [1.82, 2.24) is 10.2 Å². The van der Waals surface area contributed by atoms with E-state index in [1.807, 2.05) is 6.92 Å². The molecule has 1 aromatic carbocycles. The summed E-state index contributed by atoms with van der Waals surface area (Å²) in [4.78, 5) is 2.16. The molecule has 0 bridgehead atoms. The molecule has 1 heterocycles. The maximum absolute atomic E-state index is 13.6. The molecule has 17 heavy (non-hydrogen) atoms. The van der Waals surface area contributed by atoms with E-state index in [0.29, 0.717) is 5.56 Å². The predicted octanol–water partition coefficient (Wildman–Crippen LogP) is 2.35. The minimum atomic E-state index is -0.376. The molecular weight excluding hydrogens is 246 g/mol. The predicted molar refractivity (Wildman–Crippen MR) is 66.5 cm³/mol. The van der Waals surface area contributed by atoms with Crippen molar-refractivity contribution in [1.29, 1.82) is 0 Å². The molecule has 96 valence electrons. The molecule has 2 rings (SSSR count). The van der Waals surface area contributed by atoms with Crippen LogP contribution in [-0.2, 0) is 0 Å². The summed E-state index contributed by atoms with van der Waals surface area (Å²) < 4.78 is 26.6. The highest BCUT2D eigenvalue weighted by atomic mass is 35.5. The zero-order valence-electron chi connectivity index (χ0n) is 9.75. The molecule has 5 heteroatoms. The number of hydrogen-bond acceptors (Lipinski definition) is 2. The second-order valence-electron chi connectivity index (χ2n) is 4.13. The van der Waals surface area contributed by atoms with E-state index in [1.54, 1.807) is 0 Å². The quantitative estimate of drug-likeness (QED) is 0.880. The number of halogens is 3. The highest BCUT2D eigenvalue weighted by molar-refractivity contribution is 5.85. The molecule has 1 atom stereocenters. The second-order valence-corrected chi connectivity index (χ2v) is 4.13. The molecule has 1 saturated heterocycles. The van der Waals surface area contributed by atoms with E-state index in [9.17, 15) is 8.78 Å². The number of piperazine rings is 1. The monoisotopic (exact) mass is 262 g/mol. The molecule has 1 fully saturated rings.